The van der Waals surface area contributed by atoms with Crippen LogP contribution < -0.4 is 4.72 Å². The van der Waals surface area contributed by atoms with E-state index in [1.807, 2.05) is 6.07 Å². The zero-order chi connectivity index (χ0) is 18.2. The summed E-state index contributed by atoms with van der Waals surface area (Å²) in [5, 5.41) is 0.378. The van der Waals surface area contributed by atoms with Gasteiger partial charge in [0.1, 0.15) is 4.90 Å². The van der Waals surface area contributed by atoms with Gasteiger partial charge >= 0.3 is 5.97 Å². The normalized spacial score (nSPS) is 16.5. The second-order valence-corrected chi connectivity index (χ2v) is 8.22. The van der Waals surface area contributed by atoms with E-state index in [-0.39, 0.29) is 14.9 Å². The second kappa shape index (κ2) is 6.96. The molecule has 132 valence electrons. The van der Waals surface area contributed by atoms with Crippen LogP contribution in [0.15, 0.2) is 41.3 Å². The number of nitrogens with one attached hydrogen (secondary N) is 1. The monoisotopic (exact) mass is 399 g/mol. The third-order valence-electron chi connectivity index (χ3n) is 4.12. The molecule has 0 radical (unpaired) electrons. The fourth-order valence-electron chi connectivity index (χ4n) is 2.90. The molecule has 2 aromatic carbocycles. The molecular weight excluding hydrogens is 385 g/mol. The van der Waals surface area contributed by atoms with Gasteiger partial charge in [0.15, 0.2) is 0 Å². The largest absolute Gasteiger partial charge is 0.465 e. The summed E-state index contributed by atoms with van der Waals surface area (Å²) in [6.07, 6.45) is 1.31. The molecule has 0 unspecified atom stereocenters. The SMILES string of the molecule is COC(=O)c1ccc2c(c1)[C@H](NS(=O)(=O)c1cc(Cl)ccc1Cl)CC2. The van der Waals surface area contributed by atoms with E-state index in [1.54, 1.807) is 12.1 Å². The van der Waals surface area contributed by atoms with Crippen molar-refractivity contribution in [2.24, 2.45) is 0 Å². The Morgan fingerprint density at radius 2 is 1.96 bits per heavy atom. The van der Waals surface area contributed by atoms with Crippen LogP contribution >= 0.6 is 23.2 Å². The summed E-state index contributed by atoms with van der Waals surface area (Å²) < 4.78 is 32.8. The summed E-state index contributed by atoms with van der Waals surface area (Å²) in [6, 6.07) is 9.00. The molecule has 1 aliphatic carbocycles. The Hall–Kier alpha value is -1.60. The van der Waals surface area contributed by atoms with E-state index in [0.717, 1.165) is 11.1 Å². The molecule has 0 saturated heterocycles. The number of fused-ring (bicyclic) bond motifs is 1. The molecule has 1 N–H and O–H groups in total. The van der Waals surface area contributed by atoms with E-state index in [1.165, 1.54) is 25.3 Å². The van der Waals surface area contributed by atoms with Gasteiger partial charge in [0, 0.05) is 11.1 Å². The first-order valence-corrected chi connectivity index (χ1v) is 9.74. The van der Waals surface area contributed by atoms with Crippen LogP contribution in [0.2, 0.25) is 10.0 Å². The fourth-order valence-corrected chi connectivity index (χ4v) is 4.92. The van der Waals surface area contributed by atoms with Crippen LogP contribution in [0, 0.1) is 0 Å². The lowest BCUT2D eigenvalue weighted by molar-refractivity contribution is 0.0600. The molecule has 0 saturated carbocycles. The van der Waals surface area contributed by atoms with Crippen molar-refractivity contribution in [2.45, 2.75) is 23.8 Å². The summed E-state index contributed by atoms with van der Waals surface area (Å²) in [5.41, 5.74) is 2.15. The van der Waals surface area contributed by atoms with Gasteiger partial charge in [-0.15, -0.1) is 0 Å². The molecule has 0 bridgehead atoms. The van der Waals surface area contributed by atoms with Crippen LogP contribution in [0.25, 0.3) is 0 Å². The molecule has 0 aliphatic heterocycles. The first-order valence-electron chi connectivity index (χ1n) is 7.50. The number of carbonyl (C=O) groups is 1. The molecule has 3 rings (SSSR count). The van der Waals surface area contributed by atoms with Crippen LogP contribution in [0.4, 0.5) is 0 Å². The van der Waals surface area contributed by atoms with E-state index < -0.39 is 22.0 Å². The maximum Gasteiger partial charge on any atom is 0.337 e. The molecule has 8 heteroatoms. The van der Waals surface area contributed by atoms with Crippen LogP contribution in [0.5, 0.6) is 0 Å². The van der Waals surface area contributed by atoms with Crippen molar-refractivity contribution < 1.29 is 17.9 Å². The van der Waals surface area contributed by atoms with Crippen molar-refractivity contribution >= 4 is 39.2 Å². The summed E-state index contributed by atoms with van der Waals surface area (Å²) in [4.78, 5) is 11.6. The lowest BCUT2D eigenvalue weighted by Crippen LogP contribution is -2.27. The minimum atomic E-state index is -3.86. The number of aryl methyl sites for hydroxylation is 1. The molecular formula is C17H15Cl2NO4S. The molecule has 0 fully saturated rings. The molecule has 1 aliphatic rings. The smallest absolute Gasteiger partial charge is 0.337 e. The van der Waals surface area contributed by atoms with Gasteiger partial charge in [0.2, 0.25) is 10.0 Å². The van der Waals surface area contributed by atoms with Crippen molar-refractivity contribution in [3.05, 3.63) is 63.1 Å². The average molecular weight is 400 g/mol. The number of benzene rings is 2. The Labute approximate surface area is 155 Å². The number of ether oxygens (including phenoxy) is 1. The van der Waals surface area contributed by atoms with E-state index in [4.69, 9.17) is 27.9 Å². The zero-order valence-electron chi connectivity index (χ0n) is 13.3. The van der Waals surface area contributed by atoms with Gasteiger partial charge in [-0.25, -0.2) is 17.9 Å². The highest BCUT2D eigenvalue weighted by atomic mass is 35.5. The maximum atomic E-state index is 12.7. The minimum Gasteiger partial charge on any atom is -0.465 e. The van der Waals surface area contributed by atoms with Crippen molar-refractivity contribution in [3.8, 4) is 0 Å². The summed E-state index contributed by atoms with van der Waals surface area (Å²) in [5.74, 6) is -0.464. The topological polar surface area (TPSA) is 72.5 Å². The van der Waals surface area contributed by atoms with Gasteiger partial charge in [-0.1, -0.05) is 29.3 Å². The minimum absolute atomic E-state index is 0.0701. The number of carbonyl (C=O) groups excluding carboxylic acids is 1. The van der Waals surface area contributed by atoms with E-state index in [9.17, 15) is 13.2 Å². The third-order valence-corrected chi connectivity index (χ3v) is 6.31. The van der Waals surface area contributed by atoms with Crippen LogP contribution in [0.3, 0.4) is 0 Å². The summed E-state index contributed by atoms with van der Waals surface area (Å²) >= 11 is 11.9. The quantitative estimate of drug-likeness (QED) is 0.794. The Bertz CT molecular complexity index is 944. The lowest BCUT2D eigenvalue weighted by Gasteiger charge is -2.16. The van der Waals surface area contributed by atoms with Crippen molar-refractivity contribution in [2.75, 3.05) is 7.11 Å². The molecule has 25 heavy (non-hydrogen) atoms. The van der Waals surface area contributed by atoms with Gasteiger partial charge in [-0.05, 0) is 54.3 Å². The number of halogens is 2. The molecule has 0 amide bonds. The first-order chi connectivity index (χ1) is 11.8. The number of esters is 1. The summed E-state index contributed by atoms with van der Waals surface area (Å²) in [6.45, 7) is 0. The Balaban J connectivity index is 1.93. The van der Waals surface area contributed by atoms with Crippen LogP contribution in [-0.2, 0) is 21.2 Å². The Morgan fingerprint density at radius 1 is 1.20 bits per heavy atom. The standard InChI is InChI=1S/C17H15Cl2NO4S/c1-24-17(21)11-3-2-10-4-7-15(13(10)8-11)20-25(22,23)16-9-12(18)5-6-14(16)19/h2-3,5-6,8-9,15,20H,4,7H2,1H3/t15-/m1/s1. The predicted octanol–water partition coefficient (Wildman–Crippen LogP) is 3.75. The zero-order valence-corrected chi connectivity index (χ0v) is 15.6. The Kier molecular flexibility index (Phi) is 5.06. The number of hydrogen-bond donors (Lipinski definition) is 1. The number of rotatable bonds is 4. The van der Waals surface area contributed by atoms with Crippen LogP contribution in [0.1, 0.15) is 33.9 Å². The predicted molar refractivity (Wildman–Crippen MR) is 95.6 cm³/mol. The van der Waals surface area contributed by atoms with Gasteiger partial charge in [0.05, 0.1) is 17.7 Å². The highest BCUT2D eigenvalue weighted by Gasteiger charge is 2.29. The van der Waals surface area contributed by atoms with Crippen molar-refractivity contribution in [1.82, 2.24) is 4.72 Å². The van der Waals surface area contributed by atoms with Gasteiger partial charge in [0.25, 0.3) is 0 Å². The van der Waals surface area contributed by atoms with Gasteiger partial charge < -0.3 is 4.74 Å². The van der Waals surface area contributed by atoms with E-state index in [0.29, 0.717) is 18.4 Å². The molecule has 2 aromatic rings. The molecule has 5 nitrogen and oxygen atoms in total. The van der Waals surface area contributed by atoms with E-state index in [2.05, 4.69) is 4.72 Å². The molecule has 0 heterocycles. The van der Waals surface area contributed by atoms with Crippen molar-refractivity contribution in [1.29, 1.82) is 0 Å². The maximum absolute atomic E-state index is 12.7. The van der Waals surface area contributed by atoms with Gasteiger partial charge in [-0.2, -0.15) is 0 Å². The fraction of sp³-hybridized carbons (Fsp3) is 0.235. The summed E-state index contributed by atoms with van der Waals surface area (Å²) in [7, 11) is -2.56. The van der Waals surface area contributed by atoms with Crippen molar-refractivity contribution in [3.63, 3.8) is 0 Å². The van der Waals surface area contributed by atoms with Gasteiger partial charge in [-0.3, -0.25) is 0 Å². The average Bonchev–Trinajstić information content (AvgIpc) is 2.97. The first kappa shape index (κ1) is 18.2. The molecule has 1 atom stereocenters. The Morgan fingerprint density at radius 3 is 2.68 bits per heavy atom. The van der Waals surface area contributed by atoms with E-state index >= 15 is 0 Å². The number of methoxy groups -OCH3 is 1. The number of hydrogen-bond acceptors (Lipinski definition) is 4. The number of sulfonamides is 1. The third kappa shape index (κ3) is 3.67. The highest BCUT2D eigenvalue weighted by molar-refractivity contribution is 7.89. The molecule has 0 aromatic heterocycles. The second-order valence-electron chi connectivity index (χ2n) is 5.69. The lowest BCUT2D eigenvalue weighted by atomic mass is 10.0. The molecule has 0 spiro atoms. The van der Waals surface area contributed by atoms with Crippen LogP contribution in [-0.4, -0.2) is 21.5 Å². The highest BCUT2D eigenvalue weighted by Crippen LogP contribution is 2.34.